The second kappa shape index (κ2) is 10.9. The zero-order valence-corrected chi connectivity index (χ0v) is 17.9. The van der Waals surface area contributed by atoms with Crippen LogP contribution in [0, 0.1) is 0 Å². The van der Waals surface area contributed by atoms with Gasteiger partial charge >= 0.3 is 0 Å². The van der Waals surface area contributed by atoms with Crippen LogP contribution in [0.25, 0.3) is 0 Å². The molecule has 0 bridgehead atoms. The summed E-state index contributed by atoms with van der Waals surface area (Å²) in [6.07, 6.45) is 0.466. The number of carbonyl (C=O) groups excluding carboxylic acids is 2. The van der Waals surface area contributed by atoms with Crippen LogP contribution in [-0.4, -0.2) is 60.8 Å². The SMILES string of the molecule is CCOc1ccc(CN2CCN(CCC(=O)Nc3ccc(C(C)=O)cc3)CC2)cc1. The van der Waals surface area contributed by atoms with Gasteiger partial charge in [0.05, 0.1) is 6.61 Å². The maximum absolute atomic E-state index is 12.2. The van der Waals surface area contributed by atoms with Crippen LogP contribution in [0.3, 0.4) is 0 Å². The summed E-state index contributed by atoms with van der Waals surface area (Å²) in [5.41, 5.74) is 2.67. The maximum Gasteiger partial charge on any atom is 0.225 e. The lowest BCUT2D eigenvalue weighted by molar-refractivity contribution is -0.116. The first-order valence-corrected chi connectivity index (χ1v) is 10.6. The monoisotopic (exact) mass is 409 g/mol. The quantitative estimate of drug-likeness (QED) is 0.643. The summed E-state index contributed by atoms with van der Waals surface area (Å²) in [6.45, 7) is 9.85. The molecule has 3 rings (SSSR count). The molecule has 1 aliphatic heterocycles. The number of anilines is 1. The third-order valence-corrected chi connectivity index (χ3v) is 5.34. The molecule has 0 radical (unpaired) electrons. The molecule has 2 aromatic rings. The molecule has 0 aromatic heterocycles. The highest BCUT2D eigenvalue weighted by Crippen LogP contribution is 2.15. The first-order valence-electron chi connectivity index (χ1n) is 10.6. The lowest BCUT2D eigenvalue weighted by atomic mass is 10.1. The van der Waals surface area contributed by atoms with E-state index in [2.05, 4.69) is 27.2 Å². The number of ether oxygens (including phenoxy) is 1. The van der Waals surface area contributed by atoms with Gasteiger partial charge in [-0.1, -0.05) is 12.1 Å². The Morgan fingerprint density at radius 2 is 1.57 bits per heavy atom. The first kappa shape index (κ1) is 22.0. The minimum atomic E-state index is 0.00222. The van der Waals surface area contributed by atoms with Gasteiger partial charge in [0.2, 0.25) is 5.91 Å². The summed E-state index contributed by atoms with van der Waals surface area (Å²) in [5, 5.41) is 2.91. The highest BCUT2D eigenvalue weighted by molar-refractivity contribution is 5.95. The third-order valence-electron chi connectivity index (χ3n) is 5.34. The normalized spacial score (nSPS) is 15.0. The second-order valence-electron chi connectivity index (χ2n) is 7.63. The number of hydrogen-bond acceptors (Lipinski definition) is 5. The molecule has 0 saturated carbocycles. The van der Waals surface area contributed by atoms with Crippen molar-refractivity contribution in [2.24, 2.45) is 0 Å². The molecule has 1 amide bonds. The van der Waals surface area contributed by atoms with E-state index in [1.165, 1.54) is 12.5 Å². The van der Waals surface area contributed by atoms with E-state index in [0.717, 1.165) is 50.7 Å². The molecule has 1 saturated heterocycles. The number of carbonyl (C=O) groups is 2. The van der Waals surface area contributed by atoms with Crippen molar-refractivity contribution < 1.29 is 14.3 Å². The lowest BCUT2D eigenvalue weighted by Crippen LogP contribution is -2.46. The van der Waals surface area contributed by atoms with Gasteiger partial charge in [-0.15, -0.1) is 0 Å². The highest BCUT2D eigenvalue weighted by atomic mass is 16.5. The van der Waals surface area contributed by atoms with Gasteiger partial charge in [0.25, 0.3) is 0 Å². The summed E-state index contributed by atoms with van der Waals surface area (Å²) < 4.78 is 5.50. The molecule has 1 heterocycles. The van der Waals surface area contributed by atoms with Gasteiger partial charge in [0.1, 0.15) is 5.75 Å². The smallest absolute Gasteiger partial charge is 0.225 e. The Bertz CT molecular complexity index is 826. The summed E-state index contributed by atoms with van der Waals surface area (Å²) in [6, 6.07) is 15.3. The molecule has 1 aliphatic rings. The number of rotatable bonds is 9. The van der Waals surface area contributed by atoms with Crippen LogP contribution in [0.15, 0.2) is 48.5 Å². The molecule has 0 aliphatic carbocycles. The van der Waals surface area contributed by atoms with Crippen molar-refractivity contribution in [2.75, 3.05) is 44.6 Å². The molecule has 1 N–H and O–H groups in total. The fraction of sp³-hybridized carbons (Fsp3) is 0.417. The van der Waals surface area contributed by atoms with Gasteiger partial charge in [-0.2, -0.15) is 0 Å². The van der Waals surface area contributed by atoms with Crippen LogP contribution in [0.4, 0.5) is 5.69 Å². The van der Waals surface area contributed by atoms with E-state index in [4.69, 9.17) is 4.74 Å². The summed E-state index contributed by atoms with van der Waals surface area (Å²) in [4.78, 5) is 28.3. The number of nitrogens with one attached hydrogen (secondary N) is 1. The van der Waals surface area contributed by atoms with Gasteiger partial charge in [-0.05, 0) is 55.8 Å². The molecule has 30 heavy (non-hydrogen) atoms. The number of ketones is 1. The number of piperazine rings is 1. The summed E-state index contributed by atoms with van der Waals surface area (Å²) >= 11 is 0. The Morgan fingerprint density at radius 1 is 0.933 bits per heavy atom. The minimum absolute atomic E-state index is 0.00222. The van der Waals surface area contributed by atoms with Gasteiger partial charge in [-0.3, -0.25) is 14.5 Å². The molecule has 6 heteroatoms. The topological polar surface area (TPSA) is 61.9 Å². The number of hydrogen-bond donors (Lipinski definition) is 1. The van der Waals surface area contributed by atoms with Gasteiger partial charge in [0, 0.05) is 56.9 Å². The Morgan fingerprint density at radius 3 is 2.17 bits per heavy atom. The predicted molar refractivity (Wildman–Crippen MR) is 119 cm³/mol. The molecule has 0 unspecified atom stereocenters. The van der Waals surface area contributed by atoms with Crippen molar-refractivity contribution in [1.29, 1.82) is 0 Å². The van der Waals surface area contributed by atoms with E-state index in [1.54, 1.807) is 24.3 Å². The Balaban J connectivity index is 1.36. The molecular formula is C24H31N3O3. The Hall–Kier alpha value is -2.70. The maximum atomic E-state index is 12.2. The number of Topliss-reactive ketones (excluding diaryl/α,β-unsaturated/α-hetero) is 1. The Kier molecular flexibility index (Phi) is 7.99. The molecule has 6 nitrogen and oxygen atoms in total. The second-order valence-corrected chi connectivity index (χ2v) is 7.63. The fourth-order valence-corrected chi connectivity index (χ4v) is 3.56. The summed E-state index contributed by atoms with van der Waals surface area (Å²) in [5.74, 6) is 0.941. The fourth-order valence-electron chi connectivity index (χ4n) is 3.56. The number of nitrogens with zero attached hydrogens (tertiary/aromatic N) is 2. The van der Waals surface area contributed by atoms with E-state index in [1.807, 2.05) is 19.1 Å². The molecular weight excluding hydrogens is 378 g/mol. The lowest BCUT2D eigenvalue weighted by Gasteiger charge is -2.34. The third kappa shape index (κ3) is 6.68. The Labute approximate surface area is 178 Å². The average Bonchev–Trinajstić information content (AvgIpc) is 2.75. The van der Waals surface area contributed by atoms with E-state index in [-0.39, 0.29) is 11.7 Å². The van der Waals surface area contributed by atoms with Gasteiger partial charge in [-0.25, -0.2) is 0 Å². The molecule has 160 valence electrons. The minimum Gasteiger partial charge on any atom is -0.494 e. The van der Waals surface area contributed by atoms with Crippen molar-refractivity contribution in [3.63, 3.8) is 0 Å². The van der Waals surface area contributed by atoms with Crippen molar-refractivity contribution in [2.45, 2.75) is 26.8 Å². The largest absolute Gasteiger partial charge is 0.494 e. The van der Waals surface area contributed by atoms with E-state index < -0.39 is 0 Å². The van der Waals surface area contributed by atoms with Gasteiger partial charge < -0.3 is 15.0 Å². The van der Waals surface area contributed by atoms with Crippen LogP contribution >= 0.6 is 0 Å². The molecule has 2 aromatic carbocycles. The zero-order chi connectivity index (χ0) is 21.3. The van der Waals surface area contributed by atoms with Crippen LogP contribution in [0.1, 0.15) is 36.2 Å². The van der Waals surface area contributed by atoms with Crippen LogP contribution in [0.5, 0.6) is 5.75 Å². The predicted octanol–water partition coefficient (Wildman–Crippen LogP) is 3.43. The van der Waals surface area contributed by atoms with Crippen molar-refractivity contribution >= 4 is 17.4 Å². The molecule has 0 atom stereocenters. The van der Waals surface area contributed by atoms with E-state index >= 15 is 0 Å². The first-order chi connectivity index (χ1) is 14.5. The van der Waals surface area contributed by atoms with Crippen LogP contribution in [-0.2, 0) is 11.3 Å². The zero-order valence-electron chi connectivity index (χ0n) is 17.9. The van der Waals surface area contributed by atoms with Crippen LogP contribution < -0.4 is 10.1 Å². The van der Waals surface area contributed by atoms with Crippen molar-refractivity contribution in [3.8, 4) is 5.75 Å². The molecule has 1 fully saturated rings. The standard InChI is InChI=1S/C24H31N3O3/c1-3-30-23-10-4-20(5-11-23)18-27-16-14-26(15-17-27)13-12-24(29)25-22-8-6-21(7-9-22)19(2)28/h4-11H,3,12-18H2,1-2H3,(H,25,29). The number of amides is 1. The number of benzene rings is 2. The van der Waals surface area contributed by atoms with E-state index in [9.17, 15) is 9.59 Å². The average molecular weight is 410 g/mol. The molecule has 0 spiro atoms. The van der Waals surface area contributed by atoms with E-state index in [0.29, 0.717) is 18.6 Å². The van der Waals surface area contributed by atoms with Crippen LogP contribution in [0.2, 0.25) is 0 Å². The van der Waals surface area contributed by atoms with Crippen molar-refractivity contribution in [1.82, 2.24) is 9.80 Å². The highest BCUT2D eigenvalue weighted by Gasteiger charge is 2.17. The summed E-state index contributed by atoms with van der Waals surface area (Å²) in [7, 11) is 0. The van der Waals surface area contributed by atoms with Crippen molar-refractivity contribution in [3.05, 3.63) is 59.7 Å². The van der Waals surface area contributed by atoms with Gasteiger partial charge in [0.15, 0.2) is 5.78 Å².